The van der Waals surface area contributed by atoms with Gasteiger partial charge in [0.15, 0.2) is 5.78 Å². The van der Waals surface area contributed by atoms with Crippen LogP contribution in [0.25, 0.3) is 10.9 Å². The van der Waals surface area contributed by atoms with Crippen molar-refractivity contribution in [3.05, 3.63) is 65.1 Å². The van der Waals surface area contributed by atoms with Crippen LogP contribution in [0.1, 0.15) is 21.6 Å². The number of halogens is 1. The van der Waals surface area contributed by atoms with Gasteiger partial charge in [-0.2, -0.15) is 0 Å². The van der Waals surface area contributed by atoms with E-state index in [0.717, 1.165) is 22.3 Å². The third kappa shape index (κ3) is 2.29. The Kier molecular flexibility index (Phi) is 3.22. The lowest BCUT2D eigenvalue weighted by atomic mass is 10.0. The lowest BCUT2D eigenvalue weighted by molar-refractivity contribution is 0.103. The highest BCUT2D eigenvalue weighted by atomic mass is 19.1. The lowest BCUT2D eigenvalue weighted by Gasteiger charge is -2.02. The number of rotatable bonds is 3. The molecule has 1 aromatic heterocycles. The van der Waals surface area contributed by atoms with Crippen LogP contribution in [0.15, 0.2) is 42.5 Å². The van der Waals surface area contributed by atoms with Crippen LogP contribution >= 0.6 is 0 Å². The van der Waals surface area contributed by atoms with Crippen LogP contribution in [0.5, 0.6) is 5.75 Å². The molecular formula is C17H14FNO2. The summed E-state index contributed by atoms with van der Waals surface area (Å²) in [5.74, 6) is 0.250. The minimum atomic E-state index is -0.355. The van der Waals surface area contributed by atoms with Gasteiger partial charge in [0.05, 0.1) is 18.2 Å². The molecular weight excluding hydrogens is 269 g/mol. The monoisotopic (exact) mass is 283 g/mol. The fourth-order valence-electron chi connectivity index (χ4n) is 2.48. The second-order valence-corrected chi connectivity index (χ2v) is 4.87. The van der Waals surface area contributed by atoms with Crippen molar-refractivity contribution >= 4 is 16.7 Å². The van der Waals surface area contributed by atoms with E-state index in [9.17, 15) is 9.18 Å². The summed E-state index contributed by atoms with van der Waals surface area (Å²) in [5, 5.41) is 0.836. The molecule has 0 saturated carbocycles. The number of fused-ring (bicyclic) bond motifs is 1. The van der Waals surface area contributed by atoms with Gasteiger partial charge in [-0.25, -0.2) is 4.39 Å². The standard InChI is InChI=1S/C17H14FNO2/c1-10-16(17(20)11-3-5-12(18)6-4-11)14-8-7-13(21-2)9-15(14)19-10/h3-9,19H,1-2H3. The number of hydrogen-bond acceptors (Lipinski definition) is 2. The molecule has 3 aromatic rings. The Morgan fingerprint density at radius 3 is 2.52 bits per heavy atom. The summed E-state index contributed by atoms with van der Waals surface area (Å²) in [6, 6.07) is 11.1. The first-order chi connectivity index (χ1) is 10.1. The quantitative estimate of drug-likeness (QED) is 0.742. The number of methoxy groups -OCH3 is 1. The van der Waals surface area contributed by atoms with Gasteiger partial charge in [-0.05, 0) is 43.3 Å². The van der Waals surface area contributed by atoms with Crippen molar-refractivity contribution in [3.63, 3.8) is 0 Å². The average molecular weight is 283 g/mol. The molecule has 3 nitrogen and oxygen atoms in total. The molecule has 0 atom stereocenters. The normalized spacial score (nSPS) is 10.8. The van der Waals surface area contributed by atoms with Crippen LogP contribution in [-0.4, -0.2) is 17.9 Å². The number of nitrogens with one attached hydrogen (secondary N) is 1. The molecule has 0 aliphatic rings. The van der Waals surface area contributed by atoms with Gasteiger partial charge in [-0.3, -0.25) is 4.79 Å². The molecule has 4 heteroatoms. The van der Waals surface area contributed by atoms with Crippen LogP contribution < -0.4 is 4.74 Å². The zero-order chi connectivity index (χ0) is 15.0. The highest BCUT2D eigenvalue weighted by molar-refractivity contribution is 6.17. The van der Waals surface area contributed by atoms with E-state index in [2.05, 4.69) is 4.98 Å². The molecule has 106 valence electrons. The first kappa shape index (κ1) is 13.4. The highest BCUT2D eigenvalue weighted by Crippen LogP contribution is 2.27. The summed E-state index contributed by atoms with van der Waals surface area (Å²) in [5.41, 5.74) is 2.71. The minimum Gasteiger partial charge on any atom is -0.497 e. The molecule has 21 heavy (non-hydrogen) atoms. The molecule has 1 heterocycles. The number of aromatic amines is 1. The van der Waals surface area contributed by atoms with E-state index < -0.39 is 0 Å². The maximum absolute atomic E-state index is 13.0. The van der Waals surface area contributed by atoms with Crippen molar-refractivity contribution in [2.75, 3.05) is 7.11 Å². The molecule has 0 fully saturated rings. The Hall–Kier alpha value is -2.62. The summed E-state index contributed by atoms with van der Waals surface area (Å²) in [4.78, 5) is 15.8. The zero-order valence-corrected chi connectivity index (χ0v) is 11.7. The Morgan fingerprint density at radius 2 is 1.86 bits per heavy atom. The van der Waals surface area contributed by atoms with E-state index in [1.807, 2.05) is 25.1 Å². The number of aryl methyl sites for hydroxylation is 1. The largest absolute Gasteiger partial charge is 0.497 e. The average Bonchev–Trinajstić information content (AvgIpc) is 2.82. The van der Waals surface area contributed by atoms with Crippen molar-refractivity contribution in [1.29, 1.82) is 0 Å². The van der Waals surface area contributed by atoms with Crippen LogP contribution in [0, 0.1) is 12.7 Å². The Bertz CT molecular complexity index is 819. The third-order valence-corrected chi connectivity index (χ3v) is 3.53. The molecule has 2 aromatic carbocycles. The summed E-state index contributed by atoms with van der Waals surface area (Å²) in [7, 11) is 1.60. The molecule has 0 radical (unpaired) electrons. The number of aromatic nitrogens is 1. The van der Waals surface area contributed by atoms with Gasteiger partial charge in [0.25, 0.3) is 0 Å². The van der Waals surface area contributed by atoms with E-state index in [1.165, 1.54) is 24.3 Å². The molecule has 0 bridgehead atoms. The smallest absolute Gasteiger partial charge is 0.195 e. The van der Waals surface area contributed by atoms with Crippen LogP contribution in [0.3, 0.4) is 0 Å². The van der Waals surface area contributed by atoms with E-state index in [1.54, 1.807) is 7.11 Å². The highest BCUT2D eigenvalue weighted by Gasteiger charge is 2.18. The van der Waals surface area contributed by atoms with E-state index >= 15 is 0 Å². The van der Waals surface area contributed by atoms with Crippen LogP contribution in [-0.2, 0) is 0 Å². The molecule has 0 spiro atoms. The Morgan fingerprint density at radius 1 is 1.14 bits per heavy atom. The predicted molar refractivity (Wildman–Crippen MR) is 79.4 cm³/mol. The Labute approximate surface area is 121 Å². The van der Waals surface area contributed by atoms with E-state index in [4.69, 9.17) is 4.74 Å². The first-order valence-corrected chi connectivity index (χ1v) is 6.56. The van der Waals surface area contributed by atoms with Gasteiger partial charge < -0.3 is 9.72 Å². The number of carbonyl (C=O) groups is 1. The third-order valence-electron chi connectivity index (χ3n) is 3.53. The van der Waals surface area contributed by atoms with Crippen molar-refractivity contribution in [3.8, 4) is 5.75 Å². The summed E-state index contributed by atoms with van der Waals surface area (Å²) >= 11 is 0. The Balaban J connectivity index is 2.13. The number of hydrogen-bond donors (Lipinski definition) is 1. The van der Waals surface area contributed by atoms with Crippen LogP contribution in [0.2, 0.25) is 0 Å². The van der Waals surface area contributed by atoms with Crippen molar-refractivity contribution in [2.45, 2.75) is 6.92 Å². The number of carbonyl (C=O) groups excluding carboxylic acids is 1. The number of ketones is 1. The number of ether oxygens (including phenoxy) is 1. The van der Waals surface area contributed by atoms with Crippen LogP contribution in [0.4, 0.5) is 4.39 Å². The van der Waals surface area contributed by atoms with E-state index in [0.29, 0.717) is 11.1 Å². The van der Waals surface area contributed by atoms with Crippen molar-refractivity contribution < 1.29 is 13.9 Å². The molecule has 0 amide bonds. The summed E-state index contributed by atoms with van der Waals surface area (Å²) in [6.45, 7) is 1.85. The maximum Gasteiger partial charge on any atom is 0.195 e. The van der Waals surface area contributed by atoms with Crippen molar-refractivity contribution in [1.82, 2.24) is 4.98 Å². The maximum atomic E-state index is 13.0. The van der Waals surface area contributed by atoms with Gasteiger partial charge in [-0.15, -0.1) is 0 Å². The fourth-order valence-corrected chi connectivity index (χ4v) is 2.48. The lowest BCUT2D eigenvalue weighted by Crippen LogP contribution is -2.02. The van der Waals surface area contributed by atoms with Gasteiger partial charge in [-0.1, -0.05) is 0 Å². The first-order valence-electron chi connectivity index (χ1n) is 6.56. The molecule has 1 N–H and O–H groups in total. The van der Waals surface area contributed by atoms with Crippen molar-refractivity contribution in [2.24, 2.45) is 0 Å². The number of H-pyrrole nitrogens is 1. The fraction of sp³-hybridized carbons (Fsp3) is 0.118. The van der Waals surface area contributed by atoms with Gasteiger partial charge in [0.2, 0.25) is 0 Å². The van der Waals surface area contributed by atoms with E-state index in [-0.39, 0.29) is 11.6 Å². The number of benzene rings is 2. The molecule has 0 aliphatic carbocycles. The second kappa shape index (κ2) is 5.05. The van der Waals surface area contributed by atoms with Gasteiger partial charge in [0, 0.05) is 22.7 Å². The van der Waals surface area contributed by atoms with Gasteiger partial charge in [0.1, 0.15) is 11.6 Å². The SMILES string of the molecule is COc1ccc2c(C(=O)c3ccc(F)cc3)c(C)[nH]c2c1. The molecule has 0 unspecified atom stereocenters. The summed E-state index contributed by atoms with van der Waals surface area (Å²) in [6.07, 6.45) is 0. The van der Waals surface area contributed by atoms with Gasteiger partial charge >= 0.3 is 0 Å². The topological polar surface area (TPSA) is 42.1 Å². The molecule has 0 saturated heterocycles. The minimum absolute atomic E-state index is 0.121. The second-order valence-electron chi connectivity index (χ2n) is 4.87. The zero-order valence-electron chi connectivity index (χ0n) is 11.7. The molecule has 3 rings (SSSR count). The predicted octanol–water partition coefficient (Wildman–Crippen LogP) is 3.86. The summed E-state index contributed by atoms with van der Waals surface area (Å²) < 4.78 is 18.2. The molecule has 0 aliphatic heterocycles.